The Kier molecular flexibility index (Phi) is 64.0. The van der Waals surface area contributed by atoms with E-state index in [-0.39, 0.29) is 25.7 Å². The van der Waals surface area contributed by atoms with E-state index in [0.717, 1.165) is 120 Å². The summed E-state index contributed by atoms with van der Waals surface area (Å²) in [5, 5.41) is 10.6. The van der Waals surface area contributed by atoms with E-state index >= 15 is 0 Å². The van der Waals surface area contributed by atoms with Crippen molar-refractivity contribution in [2.24, 2.45) is 23.7 Å². The number of phosphoric ester groups is 2. The predicted molar refractivity (Wildman–Crippen MR) is 386 cm³/mol. The molecule has 95 heavy (non-hydrogen) atoms. The van der Waals surface area contributed by atoms with Crippen molar-refractivity contribution in [3.63, 3.8) is 0 Å². The summed E-state index contributed by atoms with van der Waals surface area (Å²) in [6, 6.07) is 0. The second-order valence-electron chi connectivity index (χ2n) is 29.1. The number of unbranched alkanes of at least 4 members (excludes halogenated alkanes) is 38. The molecule has 19 heteroatoms. The third kappa shape index (κ3) is 69.0. The molecule has 0 spiro atoms. The van der Waals surface area contributed by atoms with E-state index in [4.69, 9.17) is 37.0 Å². The molecule has 0 aliphatic carbocycles. The van der Waals surface area contributed by atoms with Gasteiger partial charge in [-0.25, -0.2) is 9.13 Å². The lowest BCUT2D eigenvalue weighted by Crippen LogP contribution is -2.30. The number of phosphoric acid groups is 2. The number of aliphatic hydroxyl groups is 1. The van der Waals surface area contributed by atoms with Gasteiger partial charge >= 0.3 is 39.5 Å². The Balaban J connectivity index is 5.19. The van der Waals surface area contributed by atoms with Crippen molar-refractivity contribution in [2.45, 2.75) is 401 Å². The Labute approximate surface area is 581 Å². The molecule has 0 aromatic heterocycles. The van der Waals surface area contributed by atoms with Crippen LogP contribution < -0.4 is 0 Å². The van der Waals surface area contributed by atoms with E-state index in [9.17, 15) is 43.2 Å². The highest BCUT2D eigenvalue weighted by atomic mass is 31.2. The molecule has 564 valence electrons. The van der Waals surface area contributed by atoms with Crippen molar-refractivity contribution >= 4 is 39.5 Å². The number of ether oxygens (including phenoxy) is 4. The van der Waals surface area contributed by atoms with Crippen molar-refractivity contribution in [3.05, 3.63) is 0 Å². The maximum Gasteiger partial charge on any atom is 0.472 e. The average Bonchev–Trinajstić information content (AvgIpc) is 1.66. The molecule has 0 aliphatic rings. The van der Waals surface area contributed by atoms with Crippen LogP contribution in [0.5, 0.6) is 0 Å². The standard InChI is InChI=1S/C76H148O17P2/c1-9-69(8)55-47-39-33-35-41-49-57-74(79)87-63-72(93-76(81)59-51-43-31-27-23-19-15-11-13-17-21-25-29-37-45-53-67(4)5)65-91-95(84,85)89-61-70(77)60-88-94(82,83)90-64-71(62-86-73(78)56-48-40-34-32-38-46-54-68(6)7)92-75(80)58-50-42-30-26-22-18-14-10-12-16-20-24-28-36-44-52-66(2)3/h66-72,77H,9-65H2,1-8H3,(H,82,83)(H,84,85)/t69?,70-,71-,72-/m1/s1. The Morgan fingerprint density at radius 1 is 0.295 bits per heavy atom. The van der Waals surface area contributed by atoms with Crippen LogP contribution in [0.15, 0.2) is 0 Å². The van der Waals surface area contributed by atoms with Crippen LogP contribution in [0, 0.1) is 23.7 Å². The monoisotopic (exact) mass is 1400 g/mol. The molecule has 6 atom stereocenters. The van der Waals surface area contributed by atoms with Crippen molar-refractivity contribution in [1.82, 2.24) is 0 Å². The van der Waals surface area contributed by atoms with Crippen LogP contribution >= 0.6 is 15.6 Å². The summed E-state index contributed by atoms with van der Waals surface area (Å²) in [5.74, 6) is 0.891. The molecule has 0 saturated carbocycles. The van der Waals surface area contributed by atoms with Gasteiger partial charge in [-0.1, -0.05) is 331 Å². The van der Waals surface area contributed by atoms with Crippen LogP contribution in [0.3, 0.4) is 0 Å². The summed E-state index contributed by atoms with van der Waals surface area (Å²) in [5.41, 5.74) is 0. The number of aliphatic hydroxyl groups excluding tert-OH is 1. The van der Waals surface area contributed by atoms with Gasteiger partial charge in [-0.3, -0.25) is 37.3 Å². The van der Waals surface area contributed by atoms with E-state index in [1.54, 1.807) is 0 Å². The van der Waals surface area contributed by atoms with Crippen molar-refractivity contribution in [2.75, 3.05) is 39.6 Å². The van der Waals surface area contributed by atoms with Gasteiger partial charge in [0, 0.05) is 25.7 Å². The first-order valence-electron chi connectivity index (χ1n) is 39.2. The summed E-state index contributed by atoms with van der Waals surface area (Å²) in [6.45, 7) is 14.1. The molecule has 0 fully saturated rings. The smallest absolute Gasteiger partial charge is 0.462 e. The van der Waals surface area contributed by atoms with Gasteiger partial charge in [0.2, 0.25) is 0 Å². The van der Waals surface area contributed by atoms with Crippen LogP contribution in [0.25, 0.3) is 0 Å². The summed E-state index contributed by atoms with van der Waals surface area (Å²) in [4.78, 5) is 72.7. The molecule has 3 unspecified atom stereocenters. The van der Waals surface area contributed by atoms with Gasteiger partial charge in [-0.05, 0) is 49.4 Å². The minimum atomic E-state index is -4.96. The Bertz CT molecular complexity index is 1870. The van der Waals surface area contributed by atoms with E-state index in [0.29, 0.717) is 31.6 Å². The van der Waals surface area contributed by atoms with Crippen molar-refractivity contribution in [3.8, 4) is 0 Å². The zero-order chi connectivity index (χ0) is 70.3. The zero-order valence-corrected chi connectivity index (χ0v) is 64.1. The minimum absolute atomic E-state index is 0.106. The molecule has 0 radical (unpaired) electrons. The van der Waals surface area contributed by atoms with Gasteiger partial charge in [-0.2, -0.15) is 0 Å². The van der Waals surface area contributed by atoms with E-state index in [1.807, 2.05) is 0 Å². The minimum Gasteiger partial charge on any atom is -0.462 e. The number of rotatable bonds is 73. The lowest BCUT2D eigenvalue weighted by molar-refractivity contribution is -0.161. The molecule has 0 rings (SSSR count). The largest absolute Gasteiger partial charge is 0.472 e. The van der Waals surface area contributed by atoms with Crippen LogP contribution in [0.2, 0.25) is 0 Å². The van der Waals surface area contributed by atoms with Gasteiger partial charge in [0.25, 0.3) is 0 Å². The topological polar surface area (TPSA) is 237 Å². The fourth-order valence-corrected chi connectivity index (χ4v) is 13.1. The molecule has 0 heterocycles. The molecule has 17 nitrogen and oxygen atoms in total. The highest BCUT2D eigenvalue weighted by molar-refractivity contribution is 7.47. The van der Waals surface area contributed by atoms with E-state index in [1.165, 1.54) is 173 Å². The van der Waals surface area contributed by atoms with E-state index < -0.39 is 97.5 Å². The molecule has 3 N–H and O–H groups in total. The SMILES string of the molecule is CCC(C)CCCCCCCCC(=O)OC[C@H](COP(=O)(O)OC[C@H](O)COP(=O)(O)OC[C@@H](COC(=O)CCCCCCCCC(C)C)OC(=O)CCCCCCCCCCCCCCCCCC(C)C)OC(=O)CCCCCCCCCCCCCCCCCC(C)C. The number of carbonyl (C=O) groups excluding carboxylic acids is 4. The average molecular weight is 1400 g/mol. The fraction of sp³-hybridized carbons (Fsp3) is 0.947. The first kappa shape index (κ1) is 93.1. The molecule has 0 amide bonds. The zero-order valence-electron chi connectivity index (χ0n) is 62.3. The predicted octanol–water partition coefficient (Wildman–Crippen LogP) is 22.0. The number of hydrogen-bond acceptors (Lipinski definition) is 15. The summed E-state index contributed by atoms with van der Waals surface area (Å²) in [7, 11) is -9.91. The molecule has 0 saturated heterocycles. The number of carbonyl (C=O) groups is 4. The molecule has 0 aromatic rings. The Morgan fingerprint density at radius 3 is 0.747 bits per heavy atom. The fourth-order valence-electron chi connectivity index (χ4n) is 11.5. The van der Waals surface area contributed by atoms with Gasteiger partial charge in [-0.15, -0.1) is 0 Å². The third-order valence-electron chi connectivity index (χ3n) is 17.9. The highest BCUT2D eigenvalue weighted by Gasteiger charge is 2.30. The van der Waals surface area contributed by atoms with Gasteiger partial charge in [0.05, 0.1) is 26.4 Å². The normalized spacial score (nSPS) is 14.4. The molecular weight excluding hydrogens is 1250 g/mol. The Hall–Kier alpha value is -1.94. The Morgan fingerprint density at radius 2 is 0.505 bits per heavy atom. The van der Waals surface area contributed by atoms with Crippen molar-refractivity contribution < 1.29 is 80.2 Å². The van der Waals surface area contributed by atoms with Crippen molar-refractivity contribution in [1.29, 1.82) is 0 Å². The molecule has 0 aliphatic heterocycles. The van der Waals surface area contributed by atoms with Crippen LogP contribution in [-0.4, -0.2) is 96.7 Å². The number of hydrogen-bond donors (Lipinski definition) is 3. The number of esters is 4. The molecular formula is C76H148O17P2. The van der Waals surface area contributed by atoms with Crippen LogP contribution in [0.4, 0.5) is 0 Å². The lowest BCUT2D eigenvalue weighted by Gasteiger charge is -2.21. The highest BCUT2D eigenvalue weighted by Crippen LogP contribution is 2.45. The summed E-state index contributed by atoms with van der Waals surface area (Å²) >= 11 is 0. The molecule has 0 bridgehead atoms. The van der Waals surface area contributed by atoms with Gasteiger partial charge < -0.3 is 33.8 Å². The van der Waals surface area contributed by atoms with Gasteiger partial charge in [0.15, 0.2) is 12.2 Å². The molecule has 0 aromatic carbocycles. The lowest BCUT2D eigenvalue weighted by atomic mass is 10.00. The quantitative estimate of drug-likeness (QED) is 0.0222. The van der Waals surface area contributed by atoms with Crippen LogP contribution in [-0.2, 0) is 65.4 Å². The van der Waals surface area contributed by atoms with Gasteiger partial charge in [0.1, 0.15) is 19.3 Å². The maximum absolute atomic E-state index is 13.1. The first-order valence-corrected chi connectivity index (χ1v) is 42.2. The first-order chi connectivity index (χ1) is 45.6. The van der Waals surface area contributed by atoms with E-state index in [2.05, 4.69) is 55.4 Å². The second kappa shape index (κ2) is 65.4. The third-order valence-corrected chi connectivity index (χ3v) is 19.8. The second-order valence-corrected chi connectivity index (χ2v) is 32.0. The maximum atomic E-state index is 13.1. The summed E-state index contributed by atoms with van der Waals surface area (Å²) in [6.07, 6.45) is 50.2. The summed E-state index contributed by atoms with van der Waals surface area (Å²) < 4.78 is 68.5. The van der Waals surface area contributed by atoms with Crippen LogP contribution in [0.1, 0.15) is 383 Å².